The fourth-order valence-electron chi connectivity index (χ4n) is 2.44. The SMILES string of the molecule is CN1CCC[C@@H]1C(=O)N[C@H](C(N)=O)c1ccccc1. The number of amides is 2. The van der Waals surface area contributed by atoms with Gasteiger partial charge in [-0.25, -0.2) is 0 Å². The van der Waals surface area contributed by atoms with Crippen molar-refractivity contribution in [1.29, 1.82) is 0 Å². The number of nitrogens with one attached hydrogen (secondary N) is 1. The van der Waals surface area contributed by atoms with E-state index in [-0.39, 0.29) is 11.9 Å². The number of benzene rings is 1. The lowest BCUT2D eigenvalue weighted by atomic mass is 10.1. The number of carbonyl (C=O) groups excluding carboxylic acids is 2. The number of likely N-dealkylation sites (tertiary alicyclic amines) is 1. The number of nitrogens with zero attached hydrogens (tertiary/aromatic N) is 1. The Morgan fingerprint density at radius 1 is 1.37 bits per heavy atom. The van der Waals surface area contributed by atoms with E-state index in [9.17, 15) is 9.59 Å². The Kier molecular flexibility index (Phi) is 4.16. The largest absolute Gasteiger partial charge is 0.368 e. The van der Waals surface area contributed by atoms with Gasteiger partial charge in [-0.05, 0) is 32.0 Å². The summed E-state index contributed by atoms with van der Waals surface area (Å²) in [6.07, 6.45) is 1.82. The van der Waals surface area contributed by atoms with E-state index < -0.39 is 11.9 Å². The second kappa shape index (κ2) is 5.84. The number of hydrogen-bond acceptors (Lipinski definition) is 3. The van der Waals surface area contributed by atoms with E-state index in [1.165, 1.54) is 0 Å². The van der Waals surface area contributed by atoms with Gasteiger partial charge < -0.3 is 11.1 Å². The molecule has 1 heterocycles. The number of primary amides is 1. The van der Waals surface area contributed by atoms with Crippen molar-refractivity contribution in [3.63, 3.8) is 0 Å². The van der Waals surface area contributed by atoms with Crippen LogP contribution in [0.5, 0.6) is 0 Å². The number of nitrogens with two attached hydrogens (primary N) is 1. The zero-order valence-corrected chi connectivity index (χ0v) is 11.0. The van der Waals surface area contributed by atoms with E-state index >= 15 is 0 Å². The highest BCUT2D eigenvalue weighted by Crippen LogP contribution is 2.17. The number of carbonyl (C=O) groups is 2. The molecule has 0 saturated carbocycles. The van der Waals surface area contributed by atoms with Crippen LogP contribution < -0.4 is 11.1 Å². The van der Waals surface area contributed by atoms with Gasteiger partial charge >= 0.3 is 0 Å². The van der Waals surface area contributed by atoms with Crippen molar-refractivity contribution in [2.45, 2.75) is 24.9 Å². The van der Waals surface area contributed by atoms with Gasteiger partial charge in [0.15, 0.2) is 0 Å². The summed E-state index contributed by atoms with van der Waals surface area (Å²) >= 11 is 0. The lowest BCUT2D eigenvalue weighted by molar-refractivity contribution is -0.130. The molecular weight excluding hydrogens is 242 g/mol. The summed E-state index contributed by atoms with van der Waals surface area (Å²) in [5.74, 6) is -0.673. The van der Waals surface area contributed by atoms with Crippen LogP contribution in [0.25, 0.3) is 0 Å². The van der Waals surface area contributed by atoms with Crippen LogP contribution in [0.3, 0.4) is 0 Å². The van der Waals surface area contributed by atoms with Crippen LogP contribution in [0, 0.1) is 0 Å². The van der Waals surface area contributed by atoms with Gasteiger partial charge in [0, 0.05) is 0 Å². The molecule has 1 fully saturated rings. The van der Waals surface area contributed by atoms with Gasteiger partial charge in [-0.2, -0.15) is 0 Å². The Morgan fingerprint density at radius 2 is 2.05 bits per heavy atom. The highest BCUT2D eigenvalue weighted by Gasteiger charge is 2.30. The molecule has 0 aromatic heterocycles. The van der Waals surface area contributed by atoms with Gasteiger partial charge in [-0.3, -0.25) is 14.5 Å². The van der Waals surface area contributed by atoms with E-state index in [2.05, 4.69) is 5.32 Å². The predicted molar refractivity (Wildman–Crippen MR) is 72.2 cm³/mol. The van der Waals surface area contributed by atoms with Crippen LogP contribution in [-0.4, -0.2) is 36.3 Å². The summed E-state index contributed by atoms with van der Waals surface area (Å²) in [6, 6.07) is 8.14. The average molecular weight is 261 g/mol. The Bertz CT molecular complexity index is 461. The monoisotopic (exact) mass is 261 g/mol. The Hall–Kier alpha value is -1.88. The molecule has 102 valence electrons. The minimum Gasteiger partial charge on any atom is -0.368 e. The molecule has 1 saturated heterocycles. The molecule has 0 bridgehead atoms. The van der Waals surface area contributed by atoms with Gasteiger partial charge in [-0.15, -0.1) is 0 Å². The number of likely N-dealkylation sites (N-methyl/N-ethyl adjacent to an activating group) is 1. The van der Waals surface area contributed by atoms with E-state index in [1.54, 1.807) is 12.1 Å². The van der Waals surface area contributed by atoms with Crippen molar-refractivity contribution in [3.05, 3.63) is 35.9 Å². The van der Waals surface area contributed by atoms with Gasteiger partial charge in [0.25, 0.3) is 0 Å². The van der Waals surface area contributed by atoms with Gasteiger partial charge in [0.2, 0.25) is 11.8 Å². The molecular formula is C14H19N3O2. The van der Waals surface area contributed by atoms with Crippen LogP contribution in [0.15, 0.2) is 30.3 Å². The molecule has 19 heavy (non-hydrogen) atoms. The molecule has 0 spiro atoms. The molecule has 0 radical (unpaired) electrons. The highest BCUT2D eigenvalue weighted by atomic mass is 16.2. The summed E-state index contributed by atoms with van der Waals surface area (Å²) in [7, 11) is 1.92. The zero-order valence-electron chi connectivity index (χ0n) is 11.0. The van der Waals surface area contributed by atoms with E-state index in [0.717, 1.165) is 19.4 Å². The first kappa shape index (κ1) is 13.5. The first-order chi connectivity index (χ1) is 9.09. The highest BCUT2D eigenvalue weighted by molar-refractivity contribution is 5.89. The third kappa shape index (κ3) is 3.12. The molecule has 5 nitrogen and oxygen atoms in total. The maximum atomic E-state index is 12.2. The standard InChI is InChI=1S/C14H19N3O2/c1-17-9-5-8-11(17)14(19)16-12(13(15)18)10-6-3-2-4-7-10/h2-4,6-7,11-12H,5,8-9H2,1H3,(H2,15,18)(H,16,19)/t11-,12+/m1/s1. The quantitative estimate of drug-likeness (QED) is 0.825. The van der Waals surface area contributed by atoms with E-state index in [1.807, 2.05) is 30.1 Å². The molecule has 1 aromatic carbocycles. The first-order valence-electron chi connectivity index (χ1n) is 6.44. The van der Waals surface area contributed by atoms with Gasteiger partial charge in [0.05, 0.1) is 6.04 Å². The van der Waals surface area contributed by atoms with Crippen molar-refractivity contribution in [1.82, 2.24) is 10.2 Å². The van der Waals surface area contributed by atoms with Crippen LogP contribution in [0.2, 0.25) is 0 Å². The van der Waals surface area contributed by atoms with Crippen molar-refractivity contribution < 1.29 is 9.59 Å². The topological polar surface area (TPSA) is 75.4 Å². The fraction of sp³-hybridized carbons (Fsp3) is 0.429. The molecule has 3 N–H and O–H groups in total. The van der Waals surface area contributed by atoms with Crippen molar-refractivity contribution in [2.75, 3.05) is 13.6 Å². The number of hydrogen-bond donors (Lipinski definition) is 2. The van der Waals surface area contributed by atoms with E-state index in [4.69, 9.17) is 5.73 Å². The molecule has 2 rings (SSSR count). The van der Waals surface area contributed by atoms with Crippen LogP contribution in [0.1, 0.15) is 24.4 Å². The lowest BCUT2D eigenvalue weighted by Gasteiger charge is -2.22. The summed E-state index contributed by atoms with van der Waals surface area (Å²) in [6.45, 7) is 0.907. The summed E-state index contributed by atoms with van der Waals surface area (Å²) < 4.78 is 0. The first-order valence-corrected chi connectivity index (χ1v) is 6.44. The smallest absolute Gasteiger partial charge is 0.244 e. The molecule has 0 aliphatic carbocycles. The Labute approximate surface area is 112 Å². The maximum absolute atomic E-state index is 12.2. The average Bonchev–Trinajstić information content (AvgIpc) is 2.82. The minimum absolute atomic E-state index is 0.132. The van der Waals surface area contributed by atoms with Crippen LogP contribution >= 0.6 is 0 Å². The Balaban J connectivity index is 2.09. The third-order valence-corrected chi connectivity index (χ3v) is 3.53. The van der Waals surface area contributed by atoms with Gasteiger partial charge in [0.1, 0.15) is 6.04 Å². The second-order valence-electron chi connectivity index (χ2n) is 4.89. The van der Waals surface area contributed by atoms with Crippen molar-refractivity contribution in [3.8, 4) is 0 Å². The molecule has 1 aliphatic heterocycles. The number of rotatable bonds is 4. The van der Waals surface area contributed by atoms with E-state index in [0.29, 0.717) is 5.56 Å². The van der Waals surface area contributed by atoms with Gasteiger partial charge in [-0.1, -0.05) is 30.3 Å². The molecule has 2 amide bonds. The zero-order chi connectivity index (χ0) is 13.8. The summed E-state index contributed by atoms with van der Waals surface area (Å²) in [5, 5.41) is 2.75. The second-order valence-corrected chi connectivity index (χ2v) is 4.89. The molecule has 1 aromatic rings. The fourth-order valence-corrected chi connectivity index (χ4v) is 2.44. The maximum Gasteiger partial charge on any atom is 0.244 e. The summed E-state index contributed by atoms with van der Waals surface area (Å²) in [4.78, 5) is 25.7. The van der Waals surface area contributed by atoms with Crippen molar-refractivity contribution in [2.24, 2.45) is 5.73 Å². The summed E-state index contributed by atoms with van der Waals surface area (Å²) in [5.41, 5.74) is 6.10. The molecule has 1 aliphatic rings. The molecule has 2 atom stereocenters. The normalized spacial score (nSPS) is 21.0. The minimum atomic E-state index is -0.761. The Morgan fingerprint density at radius 3 is 2.58 bits per heavy atom. The molecule has 5 heteroatoms. The third-order valence-electron chi connectivity index (χ3n) is 3.53. The van der Waals surface area contributed by atoms with Crippen LogP contribution in [-0.2, 0) is 9.59 Å². The predicted octanol–water partition coefficient (Wildman–Crippen LogP) is 0.423. The lowest BCUT2D eigenvalue weighted by Crippen LogP contribution is -2.46. The van der Waals surface area contributed by atoms with Crippen molar-refractivity contribution >= 4 is 11.8 Å². The molecule has 0 unspecified atom stereocenters. The van der Waals surface area contributed by atoms with Crippen LogP contribution in [0.4, 0.5) is 0 Å².